The minimum absolute atomic E-state index is 0.482. The molecule has 0 unspecified atom stereocenters. The number of hydrogen-bond donors (Lipinski definition) is 0. The highest BCUT2D eigenvalue weighted by Crippen LogP contribution is 2.35. The molecule has 1 aliphatic heterocycles. The van der Waals surface area contributed by atoms with Gasteiger partial charge in [0.05, 0.1) is 11.1 Å². The summed E-state index contributed by atoms with van der Waals surface area (Å²) in [6, 6.07) is 9.21. The average molecular weight is 286 g/mol. The van der Waals surface area contributed by atoms with Crippen molar-refractivity contribution in [2.75, 3.05) is 5.75 Å². The second-order valence-electron chi connectivity index (χ2n) is 4.72. The zero-order valence-electron chi connectivity index (χ0n) is 11.1. The fourth-order valence-electron chi connectivity index (χ4n) is 2.37. The first-order valence-electron chi connectivity index (χ1n) is 6.67. The van der Waals surface area contributed by atoms with Gasteiger partial charge in [0.25, 0.3) is 0 Å². The van der Waals surface area contributed by atoms with Crippen LogP contribution in [0.25, 0.3) is 10.8 Å². The molecule has 0 amide bonds. The first-order valence-corrected chi connectivity index (χ1v) is 7.66. The maximum atomic E-state index is 11.8. The van der Waals surface area contributed by atoms with Gasteiger partial charge in [-0.25, -0.2) is 9.59 Å². The maximum Gasteiger partial charge on any atom is 0.346 e. The number of carbonyl (C=O) groups excluding carboxylic acids is 2. The third-order valence-electron chi connectivity index (χ3n) is 3.38. The topological polar surface area (TPSA) is 43.4 Å². The van der Waals surface area contributed by atoms with Crippen molar-refractivity contribution in [3.05, 3.63) is 41.5 Å². The minimum atomic E-state index is -0.552. The van der Waals surface area contributed by atoms with Gasteiger partial charge in [-0.2, -0.15) is 0 Å². The molecule has 1 heterocycles. The molecule has 4 heteroatoms. The standard InChI is InChI=1S/C16H14O3S/c1-2-3-9-20-13-8-7-12-14-10(13)5-4-6-11(14)15(17)19-16(12)18/h4-8H,2-3,9H2,1H3. The second kappa shape index (κ2) is 5.29. The molecule has 3 nitrogen and oxygen atoms in total. The third-order valence-corrected chi connectivity index (χ3v) is 4.54. The Balaban J connectivity index is 2.16. The van der Waals surface area contributed by atoms with Crippen LogP contribution in [-0.2, 0) is 4.74 Å². The predicted octanol–water partition coefficient (Wildman–Crippen LogP) is 4.04. The molecule has 0 atom stereocenters. The van der Waals surface area contributed by atoms with E-state index in [9.17, 15) is 9.59 Å². The van der Waals surface area contributed by atoms with Crippen molar-refractivity contribution in [1.82, 2.24) is 0 Å². The Morgan fingerprint density at radius 3 is 2.55 bits per heavy atom. The number of thioether (sulfide) groups is 1. The third kappa shape index (κ3) is 2.10. The highest BCUT2D eigenvalue weighted by atomic mass is 32.2. The lowest BCUT2D eigenvalue weighted by Crippen LogP contribution is -2.19. The van der Waals surface area contributed by atoms with Crippen molar-refractivity contribution in [3.63, 3.8) is 0 Å². The maximum absolute atomic E-state index is 11.8. The SMILES string of the molecule is CCCCSc1ccc2c3c(cccc13)C(=O)OC2=O. The summed E-state index contributed by atoms with van der Waals surface area (Å²) in [6.07, 6.45) is 2.30. The quantitative estimate of drug-likeness (QED) is 0.368. The van der Waals surface area contributed by atoms with E-state index >= 15 is 0 Å². The van der Waals surface area contributed by atoms with Gasteiger partial charge in [-0.05, 0) is 35.8 Å². The first-order chi connectivity index (χ1) is 9.72. The van der Waals surface area contributed by atoms with Gasteiger partial charge in [0, 0.05) is 10.3 Å². The smallest absolute Gasteiger partial charge is 0.346 e. The Morgan fingerprint density at radius 1 is 1.05 bits per heavy atom. The van der Waals surface area contributed by atoms with Crippen LogP contribution in [0.15, 0.2) is 35.2 Å². The minimum Gasteiger partial charge on any atom is -0.386 e. The summed E-state index contributed by atoms with van der Waals surface area (Å²) in [5, 5.41) is 1.70. The molecule has 20 heavy (non-hydrogen) atoms. The van der Waals surface area contributed by atoms with Crippen molar-refractivity contribution < 1.29 is 14.3 Å². The normalized spacial score (nSPS) is 13.7. The van der Waals surface area contributed by atoms with Gasteiger partial charge < -0.3 is 4.74 Å². The summed E-state index contributed by atoms with van der Waals surface area (Å²) < 4.78 is 4.76. The Morgan fingerprint density at radius 2 is 1.80 bits per heavy atom. The molecule has 0 aliphatic carbocycles. The van der Waals surface area contributed by atoms with E-state index in [1.54, 1.807) is 23.9 Å². The van der Waals surface area contributed by atoms with Gasteiger partial charge >= 0.3 is 11.9 Å². The number of unbranched alkanes of at least 4 members (excludes halogenated alkanes) is 1. The van der Waals surface area contributed by atoms with Crippen molar-refractivity contribution >= 4 is 34.5 Å². The highest BCUT2D eigenvalue weighted by molar-refractivity contribution is 7.99. The zero-order chi connectivity index (χ0) is 14.1. The van der Waals surface area contributed by atoms with Crippen LogP contribution >= 0.6 is 11.8 Å². The van der Waals surface area contributed by atoms with Gasteiger partial charge in [0.2, 0.25) is 0 Å². The molecule has 0 aromatic heterocycles. The summed E-state index contributed by atoms with van der Waals surface area (Å²) >= 11 is 1.77. The molecule has 0 radical (unpaired) electrons. The molecule has 3 rings (SSSR count). The van der Waals surface area contributed by atoms with E-state index in [-0.39, 0.29) is 0 Å². The number of cyclic esters (lactones) is 2. The molecule has 0 saturated heterocycles. The lowest BCUT2D eigenvalue weighted by Gasteiger charge is -2.17. The molecule has 0 bridgehead atoms. The van der Waals surface area contributed by atoms with Gasteiger partial charge in [0.15, 0.2) is 0 Å². The van der Waals surface area contributed by atoms with Crippen LogP contribution < -0.4 is 0 Å². The summed E-state index contributed by atoms with van der Waals surface area (Å²) in [5.74, 6) is -0.0688. The van der Waals surface area contributed by atoms with E-state index in [0.29, 0.717) is 11.1 Å². The van der Waals surface area contributed by atoms with Gasteiger partial charge in [-0.1, -0.05) is 25.5 Å². The fourth-order valence-corrected chi connectivity index (χ4v) is 3.51. The Bertz CT molecular complexity index is 686. The van der Waals surface area contributed by atoms with Crippen molar-refractivity contribution in [3.8, 4) is 0 Å². The molecule has 0 N–H and O–H groups in total. The molecular weight excluding hydrogens is 272 g/mol. The molecule has 0 saturated carbocycles. The molecule has 0 spiro atoms. The summed E-state index contributed by atoms with van der Waals surface area (Å²) in [4.78, 5) is 24.7. The van der Waals surface area contributed by atoms with E-state index in [4.69, 9.17) is 4.74 Å². The Hall–Kier alpha value is -1.81. The van der Waals surface area contributed by atoms with E-state index in [1.807, 2.05) is 18.2 Å². The number of ether oxygens (including phenoxy) is 1. The fraction of sp³-hybridized carbons (Fsp3) is 0.250. The molecule has 102 valence electrons. The number of carbonyl (C=O) groups is 2. The van der Waals surface area contributed by atoms with Crippen molar-refractivity contribution in [2.45, 2.75) is 24.7 Å². The van der Waals surface area contributed by atoms with E-state index in [2.05, 4.69) is 6.92 Å². The lowest BCUT2D eigenvalue weighted by atomic mass is 9.97. The second-order valence-corrected chi connectivity index (χ2v) is 5.86. The largest absolute Gasteiger partial charge is 0.386 e. The molecule has 1 aliphatic rings. The summed E-state index contributed by atoms with van der Waals surface area (Å²) in [6.45, 7) is 2.16. The Labute approximate surface area is 121 Å². The van der Waals surface area contributed by atoms with E-state index in [1.165, 1.54) is 0 Å². The molecule has 2 aromatic rings. The molecule has 0 fully saturated rings. The van der Waals surface area contributed by atoms with Crippen LogP contribution in [0.3, 0.4) is 0 Å². The summed E-state index contributed by atoms with van der Waals surface area (Å²) in [7, 11) is 0. The number of benzene rings is 2. The van der Waals surface area contributed by atoms with E-state index < -0.39 is 11.9 Å². The zero-order valence-corrected chi connectivity index (χ0v) is 12.0. The lowest BCUT2D eigenvalue weighted by molar-refractivity contribution is 0.0391. The van der Waals surface area contributed by atoms with Crippen LogP contribution in [0.5, 0.6) is 0 Å². The van der Waals surface area contributed by atoms with Crippen molar-refractivity contribution in [2.24, 2.45) is 0 Å². The Kier molecular flexibility index (Phi) is 3.49. The van der Waals surface area contributed by atoms with Gasteiger partial charge in [-0.15, -0.1) is 11.8 Å². The number of hydrogen-bond acceptors (Lipinski definition) is 4. The first kappa shape index (κ1) is 13.2. The van der Waals surface area contributed by atoms with Gasteiger partial charge in [0.1, 0.15) is 0 Å². The predicted molar refractivity (Wildman–Crippen MR) is 79.3 cm³/mol. The number of rotatable bonds is 4. The number of esters is 2. The van der Waals surface area contributed by atoms with Crippen LogP contribution in [0.2, 0.25) is 0 Å². The molecule has 2 aromatic carbocycles. The van der Waals surface area contributed by atoms with Crippen LogP contribution in [0.1, 0.15) is 40.5 Å². The van der Waals surface area contributed by atoms with Crippen LogP contribution in [0.4, 0.5) is 0 Å². The average Bonchev–Trinajstić information content (AvgIpc) is 2.45. The monoisotopic (exact) mass is 286 g/mol. The van der Waals surface area contributed by atoms with E-state index in [0.717, 1.165) is 34.3 Å². The van der Waals surface area contributed by atoms with Crippen LogP contribution in [0, 0.1) is 0 Å². The highest BCUT2D eigenvalue weighted by Gasteiger charge is 2.27. The van der Waals surface area contributed by atoms with Gasteiger partial charge in [-0.3, -0.25) is 0 Å². The summed E-state index contributed by atoms with van der Waals surface area (Å²) in [5.41, 5.74) is 0.963. The molecular formula is C16H14O3S. The van der Waals surface area contributed by atoms with Crippen molar-refractivity contribution in [1.29, 1.82) is 0 Å². The van der Waals surface area contributed by atoms with Crippen LogP contribution in [-0.4, -0.2) is 17.7 Å².